The zero-order valence-electron chi connectivity index (χ0n) is 17.4. The summed E-state index contributed by atoms with van der Waals surface area (Å²) in [5.41, 5.74) is 2.26. The maximum atomic E-state index is 13.0. The topological polar surface area (TPSA) is 76.5 Å². The first-order chi connectivity index (χ1) is 15.0. The van der Waals surface area contributed by atoms with Gasteiger partial charge in [0, 0.05) is 19.6 Å². The van der Waals surface area contributed by atoms with Crippen LogP contribution in [0.15, 0.2) is 59.7 Å². The minimum Gasteiger partial charge on any atom is -0.334 e. The number of aromatic nitrogens is 2. The Morgan fingerprint density at radius 2 is 1.94 bits per heavy atom. The average Bonchev–Trinajstić information content (AvgIpc) is 2.80. The minimum atomic E-state index is -0.513. The number of rotatable bonds is 5. The fourth-order valence-corrected chi connectivity index (χ4v) is 4.53. The van der Waals surface area contributed by atoms with Gasteiger partial charge < -0.3 is 13.3 Å². The number of benzene rings is 2. The maximum Gasteiger partial charge on any atom is 0.317 e. The van der Waals surface area contributed by atoms with Crippen molar-refractivity contribution in [3.05, 3.63) is 76.3 Å². The van der Waals surface area contributed by atoms with Crippen molar-refractivity contribution in [2.75, 3.05) is 13.1 Å². The highest BCUT2D eigenvalue weighted by Gasteiger charge is 2.37. The summed E-state index contributed by atoms with van der Waals surface area (Å²) in [6.45, 7) is 4.03. The van der Waals surface area contributed by atoms with Gasteiger partial charge in [0.2, 0.25) is 0 Å². The molecular formula is C23H25IN4O3. The molecule has 1 aromatic heterocycles. The highest BCUT2D eigenvalue weighted by atomic mass is 127. The molecule has 162 valence electrons. The van der Waals surface area contributed by atoms with E-state index in [-0.39, 0.29) is 11.6 Å². The lowest BCUT2D eigenvalue weighted by Gasteiger charge is -2.40. The Hall–Kier alpha value is -2.46. The summed E-state index contributed by atoms with van der Waals surface area (Å²) in [4.78, 5) is 31.8. The number of hydrogen-bond donors (Lipinski definition) is 1. The summed E-state index contributed by atoms with van der Waals surface area (Å²) in [5, 5.41) is 3.58. The van der Waals surface area contributed by atoms with Crippen LogP contribution in [0.3, 0.4) is 0 Å². The fourth-order valence-electron chi connectivity index (χ4n) is 3.95. The van der Waals surface area contributed by atoms with E-state index < -0.39 is 5.60 Å². The molecule has 1 N–H and O–H groups in total. The molecule has 0 spiro atoms. The van der Waals surface area contributed by atoms with E-state index in [1.165, 1.54) is 0 Å². The third-order valence-electron chi connectivity index (χ3n) is 5.85. The molecule has 2 heterocycles. The molecule has 0 unspecified atom stereocenters. The van der Waals surface area contributed by atoms with E-state index in [2.05, 4.69) is 10.3 Å². The second-order valence-electron chi connectivity index (χ2n) is 8.09. The third kappa shape index (κ3) is 4.90. The van der Waals surface area contributed by atoms with Gasteiger partial charge in [-0.1, -0.05) is 36.4 Å². The number of halogens is 1. The Bertz CT molecular complexity index is 1120. The molecule has 2 aromatic carbocycles. The fraction of sp³-hybridized carbons (Fsp3) is 0.348. The van der Waals surface area contributed by atoms with Gasteiger partial charge >= 0.3 is 6.03 Å². The van der Waals surface area contributed by atoms with E-state index in [9.17, 15) is 9.59 Å². The van der Waals surface area contributed by atoms with Crippen LogP contribution >= 0.6 is 23.0 Å². The number of aryl methyl sites for hydroxylation is 1. The van der Waals surface area contributed by atoms with Crippen molar-refractivity contribution in [3.8, 4) is 0 Å². The predicted octanol–water partition coefficient (Wildman–Crippen LogP) is 3.82. The van der Waals surface area contributed by atoms with Gasteiger partial charge in [-0.3, -0.25) is 9.36 Å². The third-order valence-corrected chi connectivity index (χ3v) is 6.79. The Balaban J connectivity index is 1.41. The molecule has 4 rings (SSSR count). The first-order valence-corrected chi connectivity index (χ1v) is 11.2. The van der Waals surface area contributed by atoms with Gasteiger partial charge in [-0.25, -0.2) is 9.78 Å². The van der Waals surface area contributed by atoms with Crippen LogP contribution in [0.25, 0.3) is 10.9 Å². The van der Waals surface area contributed by atoms with Crippen molar-refractivity contribution in [2.24, 2.45) is 0 Å². The van der Waals surface area contributed by atoms with Gasteiger partial charge in [0.25, 0.3) is 5.56 Å². The Labute approximate surface area is 195 Å². The van der Waals surface area contributed by atoms with Crippen LogP contribution in [0.2, 0.25) is 0 Å². The summed E-state index contributed by atoms with van der Waals surface area (Å²) in [6.07, 6.45) is 2.89. The van der Waals surface area contributed by atoms with Crippen LogP contribution in [0, 0.1) is 6.92 Å². The number of likely N-dealkylation sites (tertiary alicyclic amines) is 1. The summed E-state index contributed by atoms with van der Waals surface area (Å²) in [7, 11) is 0. The molecule has 1 fully saturated rings. The molecule has 0 saturated carbocycles. The van der Waals surface area contributed by atoms with Gasteiger partial charge in [-0.2, -0.15) is 0 Å². The largest absolute Gasteiger partial charge is 0.334 e. The summed E-state index contributed by atoms with van der Waals surface area (Å²) in [6, 6.07) is 15.4. The molecule has 0 bridgehead atoms. The second kappa shape index (κ2) is 9.35. The van der Waals surface area contributed by atoms with E-state index >= 15 is 0 Å². The molecule has 31 heavy (non-hydrogen) atoms. The Morgan fingerprint density at radius 1 is 1.19 bits per heavy atom. The van der Waals surface area contributed by atoms with Crippen molar-refractivity contribution in [2.45, 2.75) is 38.5 Å². The van der Waals surface area contributed by atoms with E-state index in [1.807, 2.05) is 78.5 Å². The van der Waals surface area contributed by atoms with Crippen LogP contribution in [0.4, 0.5) is 4.79 Å². The van der Waals surface area contributed by atoms with Crippen molar-refractivity contribution in [3.63, 3.8) is 0 Å². The van der Waals surface area contributed by atoms with E-state index in [1.54, 1.807) is 15.8 Å². The molecular weight excluding hydrogens is 507 g/mol. The molecule has 8 heteroatoms. The summed E-state index contributed by atoms with van der Waals surface area (Å²) >= 11 is 1.91. The summed E-state index contributed by atoms with van der Waals surface area (Å²) < 4.78 is 7.48. The van der Waals surface area contributed by atoms with Crippen LogP contribution in [0.5, 0.6) is 0 Å². The number of carbonyl (C=O) groups excluding carboxylic acids is 1. The lowest BCUT2D eigenvalue weighted by Crippen LogP contribution is -2.52. The molecule has 1 aliphatic rings. The van der Waals surface area contributed by atoms with Crippen molar-refractivity contribution < 1.29 is 7.86 Å². The van der Waals surface area contributed by atoms with Crippen molar-refractivity contribution in [1.82, 2.24) is 19.8 Å². The molecule has 7 nitrogen and oxygen atoms in total. The second-order valence-corrected chi connectivity index (χ2v) is 8.53. The molecule has 0 atom stereocenters. The van der Waals surface area contributed by atoms with Crippen molar-refractivity contribution >= 4 is 39.9 Å². The quantitative estimate of drug-likeness (QED) is 0.508. The smallest absolute Gasteiger partial charge is 0.317 e. The molecule has 3 aromatic rings. The molecule has 0 radical (unpaired) electrons. The van der Waals surface area contributed by atoms with Crippen LogP contribution in [0.1, 0.15) is 24.0 Å². The molecule has 1 aliphatic heterocycles. The lowest BCUT2D eigenvalue weighted by atomic mass is 9.91. The molecule has 1 saturated heterocycles. The maximum absolute atomic E-state index is 13.0. The number of amides is 2. The van der Waals surface area contributed by atoms with E-state index in [4.69, 9.17) is 3.07 Å². The Kier molecular flexibility index (Phi) is 6.57. The number of hydrogen-bond acceptors (Lipinski definition) is 4. The van der Waals surface area contributed by atoms with E-state index in [0.29, 0.717) is 49.9 Å². The van der Waals surface area contributed by atoms with Crippen molar-refractivity contribution in [1.29, 1.82) is 0 Å². The van der Waals surface area contributed by atoms with Crippen LogP contribution < -0.4 is 10.9 Å². The van der Waals surface area contributed by atoms with Gasteiger partial charge in [0.1, 0.15) is 28.6 Å². The lowest BCUT2D eigenvalue weighted by molar-refractivity contribution is 0.0319. The zero-order valence-corrected chi connectivity index (χ0v) is 19.5. The van der Waals surface area contributed by atoms with Gasteiger partial charge in [-0.15, -0.1) is 0 Å². The monoisotopic (exact) mass is 532 g/mol. The summed E-state index contributed by atoms with van der Waals surface area (Å²) in [5.74, 6) is 0. The van der Waals surface area contributed by atoms with Crippen LogP contribution in [-0.4, -0.2) is 39.2 Å². The first kappa shape index (κ1) is 21.8. The number of piperidine rings is 1. The highest BCUT2D eigenvalue weighted by molar-refractivity contribution is 14.1. The molecule has 0 aliphatic carbocycles. The number of fused-ring (bicyclic) bond motifs is 1. The van der Waals surface area contributed by atoms with Crippen LogP contribution in [-0.2, 0) is 16.2 Å². The predicted molar refractivity (Wildman–Crippen MR) is 128 cm³/mol. The zero-order chi connectivity index (χ0) is 21.8. The number of nitrogens with one attached hydrogen (secondary N) is 1. The standard InChI is InChI=1S/C23H25IN4O3/c1-17-7-8-19-20(13-17)26-16-28(21(19)29)15-23(31-24)9-11-27(12-10-23)22(30)25-14-18-5-3-2-4-6-18/h2-8,13,16H,9-12,14-15H2,1H3,(H,25,30). The number of carbonyl (C=O) groups is 1. The number of nitrogens with zero attached hydrogens (tertiary/aromatic N) is 3. The normalized spacial score (nSPS) is 15.7. The van der Waals surface area contributed by atoms with Gasteiger partial charge in [0.05, 0.1) is 23.8 Å². The van der Waals surface area contributed by atoms with Gasteiger partial charge in [-0.05, 0) is 43.0 Å². The SMILES string of the molecule is Cc1ccc2c(=O)n(CC3(OI)CCN(C(=O)NCc4ccccc4)CC3)cnc2c1. The van der Waals surface area contributed by atoms with Gasteiger partial charge in [0.15, 0.2) is 0 Å². The first-order valence-electron chi connectivity index (χ1n) is 10.3. The Morgan fingerprint density at radius 3 is 2.65 bits per heavy atom. The average molecular weight is 532 g/mol. The minimum absolute atomic E-state index is 0.0686. The molecule has 2 amide bonds. The number of urea groups is 1. The van der Waals surface area contributed by atoms with E-state index in [0.717, 1.165) is 11.1 Å². The highest BCUT2D eigenvalue weighted by Crippen LogP contribution is 2.30.